The minimum absolute atomic E-state index is 0. The number of guanidine groups is 1. The molecule has 28 heavy (non-hydrogen) atoms. The van der Waals surface area contributed by atoms with Gasteiger partial charge in [-0.05, 0) is 31.0 Å². The number of benzene rings is 1. The van der Waals surface area contributed by atoms with Crippen LogP contribution < -0.4 is 15.5 Å². The van der Waals surface area contributed by atoms with Gasteiger partial charge in [0, 0.05) is 49.4 Å². The lowest BCUT2D eigenvalue weighted by atomic mass is 10.2. The number of anilines is 1. The van der Waals surface area contributed by atoms with E-state index in [0.29, 0.717) is 24.9 Å². The molecule has 3 rings (SSSR count). The summed E-state index contributed by atoms with van der Waals surface area (Å²) in [5.41, 5.74) is 2.29. The first-order valence-electron chi connectivity index (χ1n) is 9.95. The number of nitrogens with zero attached hydrogens (tertiary/aromatic N) is 3. The molecule has 0 aliphatic carbocycles. The average Bonchev–Trinajstić information content (AvgIpc) is 2.71. The van der Waals surface area contributed by atoms with Crippen LogP contribution in [-0.4, -0.2) is 67.0 Å². The van der Waals surface area contributed by atoms with E-state index in [0.717, 1.165) is 37.8 Å². The molecule has 2 aliphatic heterocycles. The van der Waals surface area contributed by atoms with Crippen LogP contribution in [0.5, 0.6) is 0 Å². The van der Waals surface area contributed by atoms with Crippen molar-refractivity contribution in [1.82, 2.24) is 15.5 Å². The third-order valence-corrected chi connectivity index (χ3v) is 6.35. The number of hydrogen-bond donors (Lipinski definition) is 2. The third-order valence-electron chi connectivity index (χ3n) is 4.98. The Morgan fingerprint density at radius 3 is 2.75 bits per heavy atom. The maximum atomic E-state index is 11.6. The predicted molar refractivity (Wildman–Crippen MR) is 130 cm³/mol. The van der Waals surface area contributed by atoms with Crippen LogP contribution in [0.15, 0.2) is 29.3 Å². The van der Waals surface area contributed by atoms with Crippen molar-refractivity contribution in [2.75, 3.05) is 49.9 Å². The topological polar surface area (TPSA) is 60.0 Å². The Hall–Kier alpha value is -1.16. The van der Waals surface area contributed by atoms with E-state index in [1.807, 2.05) is 0 Å². The lowest BCUT2D eigenvalue weighted by molar-refractivity contribution is -0.120. The van der Waals surface area contributed by atoms with Gasteiger partial charge in [-0.15, -0.1) is 24.0 Å². The van der Waals surface area contributed by atoms with E-state index in [2.05, 4.69) is 70.3 Å². The Morgan fingerprint density at radius 2 is 2.07 bits per heavy atom. The van der Waals surface area contributed by atoms with Crippen LogP contribution in [0.3, 0.4) is 0 Å². The molecule has 2 aliphatic rings. The molecule has 2 heterocycles. The van der Waals surface area contributed by atoms with Gasteiger partial charge in [0.15, 0.2) is 5.96 Å². The molecular formula is C20H32IN5OS. The van der Waals surface area contributed by atoms with Crippen LogP contribution >= 0.6 is 35.7 Å². The summed E-state index contributed by atoms with van der Waals surface area (Å²) in [6.45, 7) is 10.1. The molecule has 1 amide bonds. The smallest absolute Gasteiger partial charge is 0.239 e. The normalized spacial score (nSPS) is 20.4. The van der Waals surface area contributed by atoms with E-state index in [1.54, 1.807) is 0 Å². The average molecular weight is 517 g/mol. The van der Waals surface area contributed by atoms with Gasteiger partial charge in [0.05, 0.1) is 13.1 Å². The number of halogens is 1. The molecule has 8 heteroatoms. The van der Waals surface area contributed by atoms with Gasteiger partial charge < -0.3 is 20.4 Å². The highest BCUT2D eigenvalue weighted by atomic mass is 127. The summed E-state index contributed by atoms with van der Waals surface area (Å²) in [6, 6.07) is 8.44. The first kappa shape index (κ1) is 23.1. The zero-order chi connectivity index (χ0) is 19.1. The monoisotopic (exact) mass is 517 g/mol. The van der Waals surface area contributed by atoms with Gasteiger partial charge in [0.25, 0.3) is 0 Å². The highest BCUT2D eigenvalue weighted by molar-refractivity contribution is 14.0. The van der Waals surface area contributed by atoms with Crippen LogP contribution in [0.25, 0.3) is 0 Å². The summed E-state index contributed by atoms with van der Waals surface area (Å²) in [7, 11) is 0. The molecule has 2 saturated heterocycles. The van der Waals surface area contributed by atoms with Crippen molar-refractivity contribution in [2.24, 2.45) is 4.99 Å². The van der Waals surface area contributed by atoms with Crippen molar-refractivity contribution in [3.63, 3.8) is 0 Å². The zero-order valence-electron chi connectivity index (χ0n) is 16.8. The number of piperazine rings is 1. The fraction of sp³-hybridized carbons (Fsp3) is 0.600. The van der Waals surface area contributed by atoms with E-state index in [-0.39, 0.29) is 29.9 Å². The number of hydrogen-bond acceptors (Lipinski definition) is 4. The van der Waals surface area contributed by atoms with E-state index in [4.69, 9.17) is 4.99 Å². The van der Waals surface area contributed by atoms with Gasteiger partial charge in [-0.3, -0.25) is 4.79 Å². The van der Waals surface area contributed by atoms with Crippen molar-refractivity contribution in [3.05, 3.63) is 29.8 Å². The molecule has 2 fully saturated rings. The quantitative estimate of drug-likeness (QED) is 0.357. The van der Waals surface area contributed by atoms with E-state index in [1.165, 1.54) is 17.7 Å². The number of carbonyl (C=O) groups excluding carboxylic acids is 1. The fourth-order valence-electron chi connectivity index (χ4n) is 3.42. The van der Waals surface area contributed by atoms with Gasteiger partial charge in [-0.2, -0.15) is 11.8 Å². The summed E-state index contributed by atoms with van der Waals surface area (Å²) in [5.74, 6) is 2.28. The highest BCUT2D eigenvalue weighted by Crippen LogP contribution is 2.21. The third kappa shape index (κ3) is 6.43. The maximum absolute atomic E-state index is 11.6. The zero-order valence-corrected chi connectivity index (χ0v) is 20.0. The summed E-state index contributed by atoms with van der Waals surface area (Å²) >= 11 is 2.07. The molecule has 0 radical (unpaired) electrons. The number of aliphatic imine (C=N–C) groups is 1. The Labute approximate surface area is 189 Å². The largest absolute Gasteiger partial charge is 0.360 e. The van der Waals surface area contributed by atoms with Gasteiger partial charge in [0.2, 0.25) is 5.91 Å². The minimum atomic E-state index is 0. The van der Waals surface area contributed by atoms with E-state index in [9.17, 15) is 4.79 Å². The summed E-state index contributed by atoms with van der Waals surface area (Å²) in [5, 5.41) is 7.01. The van der Waals surface area contributed by atoms with E-state index >= 15 is 0 Å². The van der Waals surface area contributed by atoms with Crippen LogP contribution in [0.2, 0.25) is 0 Å². The lowest BCUT2D eigenvalue weighted by Gasteiger charge is -2.34. The standard InChI is InChI=1S/C20H31N5OS.HI/c1-3-18-14-25(11-12-27-18)20(21-4-2)23-13-16-5-7-17(8-6-16)24-10-9-22-19(26)15-24;/h5-8,18H,3-4,9-15H2,1-2H3,(H,21,23)(H,22,26);1H. The second-order valence-electron chi connectivity index (χ2n) is 6.96. The van der Waals surface area contributed by atoms with Gasteiger partial charge in [0.1, 0.15) is 0 Å². The van der Waals surface area contributed by atoms with Crippen molar-refractivity contribution in [2.45, 2.75) is 32.1 Å². The maximum Gasteiger partial charge on any atom is 0.239 e. The molecule has 1 atom stereocenters. The number of thioether (sulfide) groups is 1. The Balaban J connectivity index is 0.00000280. The summed E-state index contributed by atoms with van der Waals surface area (Å²) in [6.07, 6.45) is 1.20. The molecule has 1 aromatic carbocycles. The van der Waals surface area contributed by atoms with Crippen LogP contribution in [0, 0.1) is 0 Å². The molecule has 0 bridgehead atoms. The Bertz CT molecular complexity index is 655. The van der Waals surface area contributed by atoms with Crippen LogP contribution in [-0.2, 0) is 11.3 Å². The Morgan fingerprint density at radius 1 is 1.29 bits per heavy atom. The second-order valence-corrected chi connectivity index (χ2v) is 8.36. The second kappa shape index (κ2) is 11.7. The number of carbonyl (C=O) groups is 1. The van der Waals surface area contributed by atoms with E-state index < -0.39 is 0 Å². The molecule has 156 valence electrons. The van der Waals surface area contributed by atoms with Crippen molar-refractivity contribution in [1.29, 1.82) is 0 Å². The van der Waals surface area contributed by atoms with Crippen LogP contribution in [0.4, 0.5) is 5.69 Å². The molecule has 0 aromatic heterocycles. The SMILES string of the molecule is CCNC(=NCc1ccc(N2CCNC(=O)C2)cc1)N1CCSC(CC)C1.I. The van der Waals surface area contributed by atoms with Crippen molar-refractivity contribution < 1.29 is 4.79 Å². The van der Waals surface area contributed by atoms with Crippen LogP contribution in [0.1, 0.15) is 25.8 Å². The number of amides is 1. The minimum Gasteiger partial charge on any atom is -0.360 e. The van der Waals surface area contributed by atoms with Gasteiger partial charge in [-0.1, -0.05) is 19.1 Å². The molecule has 0 spiro atoms. The number of nitrogens with one attached hydrogen (secondary N) is 2. The predicted octanol–water partition coefficient (Wildman–Crippen LogP) is 2.53. The summed E-state index contributed by atoms with van der Waals surface area (Å²) in [4.78, 5) is 21.0. The molecule has 1 unspecified atom stereocenters. The first-order chi connectivity index (χ1) is 13.2. The van der Waals surface area contributed by atoms with Crippen molar-refractivity contribution in [3.8, 4) is 0 Å². The van der Waals surface area contributed by atoms with Crippen molar-refractivity contribution >= 4 is 53.3 Å². The molecule has 2 N–H and O–H groups in total. The van der Waals surface area contributed by atoms with Gasteiger partial charge in [-0.25, -0.2) is 4.99 Å². The molecule has 0 saturated carbocycles. The lowest BCUT2D eigenvalue weighted by Crippen LogP contribution is -2.48. The Kier molecular flexibility index (Phi) is 9.70. The summed E-state index contributed by atoms with van der Waals surface area (Å²) < 4.78 is 0. The first-order valence-corrected chi connectivity index (χ1v) is 11.0. The molecule has 1 aromatic rings. The highest BCUT2D eigenvalue weighted by Gasteiger charge is 2.21. The van der Waals surface area contributed by atoms with Gasteiger partial charge >= 0.3 is 0 Å². The number of rotatable bonds is 5. The fourth-order valence-corrected chi connectivity index (χ4v) is 4.60. The molecular weight excluding hydrogens is 485 g/mol. The molecule has 6 nitrogen and oxygen atoms in total.